The summed E-state index contributed by atoms with van der Waals surface area (Å²) in [6.45, 7) is 3.96. The monoisotopic (exact) mass is 266 g/mol. The molecule has 0 radical (unpaired) electrons. The summed E-state index contributed by atoms with van der Waals surface area (Å²) in [5.41, 5.74) is -0.308. The first-order chi connectivity index (χ1) is 8.61. The van der Waals surface area contributed by atoms with Crippen molar-refractivity contribution in [2.45, 2.75) is 19.9 Å². The molecule has 6 nitrogen and oxygen atoms in total. The highest BCUT2D eigenvalue weighted by Gasteiger charge is 2.14. The number of hydrogen-bond acceptors (Lipinski definition) is 6. The molecular formula is C11H14N4O2S. The highest BCUT2D eigenvalue weighted by atomic mass is 32.1. The van der Waals surface area contributed by atoms with Crippen LogP contribution in [0.5, 0.6) is 5.75 Å². The number of nitrogens with zero attached hydrogens (tertiary/aromatic N) is 2. The summed E-state index contributed by atoms with van der Waals surface area (Å²) in [5.74, 6) is 0.597. The van der Waals surface area contributed by atoms with Gasteiger partial charge in [0.15, 0.2) is 5.82 Å². The number of aromatic nitrogens is 3. The third kappa shape index (κ3) is 2.51. The molecule has 2 heterocycles. The minimum atomic E-state index is -0.308. The molecule has 1 unspecified atom stereocenters. The predicted octanol–water partition coefficient (Wildman–Crippen LogP) is 1.72. The van der Waals surface area contributed by atoms with E-state index in [2.05, 4.69) is 20.3 Å². The van der Waals surface area contributed by atoms with Gasteiger partial charge in [-0.2, -0.15) is 0 Å². The van der Waals surface area contributed by atoms with Gasteiger partial charge in [-0.3, -0.25) is 4.79 Å². The van der Waals surface area contributed by atoms with Crippen molar-refractivity contribution < 1.29 is 4.74 Å². The van der Waals surface area contributed by atoms with Crippen LogP contribution in [0.15, 0.2) is 17.3 Å². The van der Waals surface area contributed by atoms with E-state index < -0.39 is 0 Å². The second-order valence-corrected chi connectivity index (χ2v) is 5.06. The number of aromatic amines is 1. The number of thiazole rings is 1. The minimum Gasteiger partial charge on any atom is -0.489 e. The summed E-state index contributed by atoms with van der Waals surface area (Å²) >= 11 is 1.60. The molecule has 2 N–H and O–H groups in total. The molecule has 0 fully saturated rings. The van der Waals surface area contributed by atoms with Crippen molar-refractivity contribution in [1.82, 2.24) is 15.0 Å². The van der Waals surface area contributed by atoms with Gasteiger partial charge in [-0.1, -0.05) is 0 Å². The Morgan fingerprint density at radius 3 is 2.89 bits per heavy atom. The van der Waals surface area contributed by atoms with Gasteiger partial charge in [0.1, 0.15) is 5.01 Å². The summed E-state index contributed by atoms with van der Waals surface area (Å²) in [5, 5.41) is 4.06. The number of anilines is 1. The first-order valence-electron chi connectivity index (χ1n) is 5.42. The Morgan fingerprint density at radius 1 is 1.50 bits per heavy atom. The molecule has 0 spiro atoms. The fourth-order valence-electron chi connectivity index (χ4n) is 1.52. The second kappa shape index (κ2) is 5.18. The lowest BCUT2D eigenvalue weighted by Crippen LogP contribution is -2.15. The van der Waals surface area contributed by atoms with Gasteiger partial charge < -0.3 is 15.0 Å². The lowest BCUT2D eigenvalue weighted by molar-refractivity contribution is 0.407. The zero-order chi connectivity index (χ0) is 13.1. The molecule has 2 aromatic rings. The van der Waals surface area contributed by atoms with E-state index in [1.54, 1.807) is 11.3 Å². The lowest BCUT2D eigenvalue weighted by Gasteiger charge is -2.13. The highest BCUT2D eigenvalue weighted by molar-refractivity contribution is 7.11. The van der Waals surface area contributed by atoms with E-state index in [0.717, 1.165) is 9.88 Å². The summed E-state index contributed by atoms with van der Waals surface area (Å²) < 4.78 is 5.03. The largest absolute Gasteiger partial charge is 0.489 e. The van der Waals surface area contributed by atoms with Gasteiger partial charge in [0.2, 0.25) is 5.75 Å². The van der Waals surface area contributed by atoms with Crippen molar-refractivity contribution in [3.63, 3.8) is 0 Å². The smallest absolute Gasteiger partial charge is 0.295 e. The molecule has 7 heteroatoms. The fraction of sp³-hybridized carbons (Fsp3) is 0.364. The van der Waals surface area contributed by atoms with Crippen LogP contribution in [0.1, 0.15) is 22.9 Å². The van der Waals surface area contributed by atoms with Gasteiger partial charge in [-0.15, -0.1) is 11.3 Å². The molecule has 2 aromatic heterocycles. The quantitative estimate of drug-likeness (QED) is 0.880. The maximum Gasteiger partial charge on any atom is 0.295 e. The first-order valence-corrected chi connectivity index (χ1v) is 6.24. The highest BCUT2D eigenvalue weighted by Crippen LogP contribution is 2.25. The maximum absolute atomic E-state index is 11.5. The van der Waals surface area contributed by atoms with Gasteiger partial charge in [0.05, 0.1) is 19.5 Å². The average molecular weight is 266 g/mol. The van der Waals surface area contributed by atoms with Gasteiger partial charge in [0, 0.05) is 11.1 Å². The molecule has 0 aliphatic rings. The number of ether oxygens (including phenoxy) is 1. The Balaban J connectivity index is 2.24. The van der Waals surface area contributed by atoms with E-state index in [1.165, 1.54) is 13.4 Å². The maximum atomic E-state index is 11.5. The van der Waals surface area contributed by atoms with E-state index in [-0.39, 0.29) is 17.4 Å². The standard InChI is InChI=1S/C11H14N4O2S/c1-6-4-12-11(18-6)7(2)15-9-8(17-3)10(16)14-5-13-9/h4-5,7H,1-3H3,(H2,13,14,15,16). The fourth-order valence-corrected chi connectivity index (χ4v) is 2.29. The van der Waals surface area contributed by atoms with Crippen LogP contribution < -0.4 is 15.6 Å². The van der Waals surface area contributed by atoms with Crippen LogP contribution in [-0.2, 0) is 0 Å². The number of methoxy groups -OCH3 is 1. The van der Waals surface area contributed by atoms with Gasteiger partial charge in [-0.05, 0) is 13.8 Å². The van der Waals surface area contributed by atoms with Crippen LogP contribution in [0, 0.1) is 6.92 Å². The van der Waals surface area contributed by atoms with Crippen LogP contribution in [0.2, 0.25) is 0 Å². The molecule has 1 atom stereocenters. The van der Waals surface area contributed by atoms with E-state index in [4.69, 9.17) is 4.74 Å². The molecule has 0 saturated carbocycles. The van der Waals surface area contributed by atoms with Crippen molar-refractivity contribution in [2.24, 2.45) is 0 Å². The molecule has 0 bridgehead atoms. The number of hydrogen-bond donors (Lipinski definition) is 2. The Hall–Kier alpha value is -1.89. The van der Waals surface area contributed by atoms with Crippen molar-refractivity contribution in [3.05, 3.63) is 32.8 Å². The van der Waals surface area contributed by atoms with Crippen molar-refractivity contribution in [1.29, 1.82) is 0 Å². The number of nitrogens with one attached hydrogen (secondary N) is 2. The Bertz CT molecular complexity index is 593. The van der Waals surface area contributed by atoms with Crippen molar-refractivity contribution in [3.8, 4) is 5.75 Å². The SMILES string of the molecule is COc1c(NC(C)c2ncc(C)s2)nc[nH]c1=O. The number of rotatable bonds is 4. The second-order valence-electron chi connectivity index (χ2n) is 3.79. The normalized spacial score (nSPS) is 12.2. The Labute approximate surface area is 108 Å². The average Bonchev–Trinajstić information content (AvgIpc) is 2.76. The van der Waals surface area contributed by atoms with E-state index in [0.29, 0.717) is 5.82 Å². The van der Waals surface area contributed by atoms with Crippen molar-refractivity contribution in [2.75, 3.05) is 12.4 Å². The van der Waals surface area contributed by atoms with Crippen LogP contribution in [-0.4, -0.2) is 22.1 Å². The zero-order valence-corrected chi connectivity index (χ0v) is 11.2. The predicted molar refractivity (Wildman–Crippen MR) is 70.3 cm³/mol. The van der Waals surface area contributed by atoms with Crippen molar-refractivity contribution >= 4 is 17.2 Å². The topological polar surface area (TPSA) is 79.9 Å². The summed E-state index contributed by atoms with van der Waals surface area (Å²) in [6.07, 6.45) is 3.16. The molecule has 0 aliphatic heterocycles. The first kappa shape index (κ1) is 12.6. The minimum absolute atomic E-state index is 0.0353. The molecule has 0 amide bonds. The summed E-state index contributed by atoms with van der Waals surface area (Å²) in [4.78, 5) is 23.5. The van der Waals surface area contributed by atoms with E-state index in [1.807, 2.05) is 20.0 Å². The van der Waals surface area contributed by atoms with Gasteiger partial charge in [0.25, 0.3) is 5.56 Å². The van der Waals surface area contributed by atoms with Crippen LogP contribution in [0.3, 0.4) is 0 Å². The molecule has 2 rings (SSSR count). The summed E-state index contributed by atoms with van der Waals surface area (Å²) in [6, 6.07) is -0.0353. The van der Waals surface area contributed by atoms with Crippen LogP contribution >= 0.6 is 11.3 Å². The molecule has 0 aliphatic carbocycles. The third-order valence-electron chi connectivity index (χ3n) is 2.38. The van der Waals surface area contributed by atoms with Gasteiger partial charge >= 0.3 is 0 Å². The molecule has 0 aromatic carbocycles. The molecule has 0 saturated heterocycles. The Morgan fingerprint density at radius 2 is 2.28 bits per heavy atom. The number of H-pyrrole nitrogens is 1. The molecule has 18 heavy (non-hydrogen) atoms. The number of aryl methyl sites for hydroxylation is 1. The van der Waals surface area contributed by atoms with Crippen LogP contribution in [0.25, 0.3) is 0 Å². The van der Waals surface area contributed by atoms with Crippen LogP contribution in [0.4, 0.5) is 5.82 Å². The Kier molecular flexibility index (Phi) is 3.61. The molecule has 96 valence electrons. The van der Waals surface area contributed by atoms with E-state index in [9.17, 15) is 4.79 Å². The zero-order valence-electron chi connectivity index (χ0n) is 10.4. The van der Waals surface area contributed by atoms with E-state index >= 15 is 0 Å². The molecular weight excluding hydrogens is 252 g/mol. The third-order valence-corrected chi connectivity index (χ3v) is 3.47. The summed E-state index contributed by atoms with van der Waals surface area (Å²) in [7, 11) is 1.44. The van der Waals surface area contributed by atoms with Gasteiger partial charge in [-0.25, -0.2) is 9.97 Å². The lowest BCUT2D eigenvalue weighted by atomic mass is 10.3.